The van der Waals surface area contributed by atoms with Gasteiger partial charge in [-0.05, 0) is 13.6 Å². The second-order valence-corrected chi connectivity index (χ2v) is 1.72. The van der Waals surface area contributed by atoms with E-state index in [0.717, 1.165) is 0 Å². The topological polar surface area (TPSA) is 64.4 Å². The summed E-state index contributed by atoms with van der Waals surface area (Å²) in [5.41, 5.74) is 9.89. The zero-order valence-electron chi connectivity index (χ0n) is 4.52. The molecule has 42 valence electrons. The molecule has 0 aliphatic heterocycles. The predicted octanol–water partition coefficient (Wildman–Crippen LogP) is -0.679. The molecule has 0 bridgehead atoms. The molecule has 0 amide bonds. The molecule has 0 aromatic rings. The first-order valence-corrected chi connectivity index (χ1v) is 2.09. The third kappa shape index (κ3) is 2.31. The molecule has 0 aromatic heterocycles. The third-order valence-electron chi connectivity index (χ3n) is 0.774. The summed E-state index contributed by atoms with van der Waals surface area (Å²) >= 11 is 0. The minimum absolute atomic E-state index is 0.344. The Kier molecular flexibility index (Phi) is 1.92. The normalized spacial score (nSPS) is 18.1. The Bertz CT molecular complexity index is 67.3. The monoisotopic (exact) mass is 101 g/mol. The van der Waals surface area contributed by atoms with Crippen molar-refractivity contribution >= 4 is 6.72 Å². The van der Waals surface area contributed by atoms with Crippen LogP contribution in [0.2, 0.25) is 0 Å². The lowest BCUT2D eigenvalue weighted by Gasteiger charge is -2.14. The van der Waals surface area contributed by atoms with Gasteiger partial charge in [0.05, 0.1) is 0 Å². The molecule has 3 nitrogen and oxygen atoms in total. The molecule has 0 fully saturated rings. The molecule has 0 spiro atoms. The van der Waals surface area contributed by atoms with Crippen molar-refractivity contribution in [3.63, 3.8) is 0 Å². The molecular formula is C4H11N3. The standard InChI is InChI=1S/C4H11N3/c1-4(6,3-5)7-2/h2-3,5-6H2,1H3. The van der Waals surface area contributed by atoms with E-state index in [9.17, 15) is 0 Å². The first kappa shape index (κ1) is 6.59. The smallest absolute Gasteiger partial charge is 0.116 e. The fraction of sp³-hybridized carbons (Fsp3) is 0.750. The Hall–Kier alpha value is -0.410. The van der Waals surface area contributed by atoms with Crippen LogP contribution in [0.1, 0.15) is 6.92 Å². The number of rotatable bonds is 2. The van der Waals surface area contributed by atoms with Gasteiger partial charge < -0.3 is 11.5 Å². The van der Waals surface area contributed by atoms with Crippen LogP contribution < -0.4 is 11.5 Å². The van der Waals surface area contributed by atoms with E-state index in [1.54, 1.807) is 6.92 Å². The van der Waals surface area contributed by atoms with E-state index in [2.05, 4.69) is 11.7 Å². The van der Waals surface area contributed by atoms with E-state index in [-0.39, 0.29) is 0 Å². The van der Waals surface area contributed by atoms with Crippen LogP contribution in [0.4, 0.5) is 0 Å². The van der Waals surface area contributed by atoms with E-state index in [1.165, 1.54) is 0 Å². The van der Waals surface area contributed by atoms with Gasteiger partial charge in [-0.2, -0.15) is 0 Å². The van der Waals surface area contributed by atoms with Gasteiger partial charge in [0.25, 0.3) is 0 Å². The van der Waals surface area contributed by atoms with Crippen molar-refractivity contribution in [2.75, 3.05) is 6.54 Å². The van der Waals surface area contributed by atoms with Crippen molar-refractivity contribution < 1.29 is 0 Å². The third-order valence-corrected chi connectivity index (χ3v) is 0.774. The summed E-state index contributed by atoms with van der Waals surface area (Å²) in [5, 5.41) is 0. The van der Waals surface area contributed by atoms with Crippen LogP contribution in [0, 0.1) is 0 Å². The number of hydrogen-bond donors (Lipinski definition) is 2. The van der Waals surface area contributed by atoms with Gasteiger partial charge in [-0.25, -0.2) is 0 Å². The quantitative estimate of drug-likeness (QED) is 0.453. The lowest BCUT2D eigenvalue weighted by Crippen LogP contribution is -2.41. The van der Waals surface area contributed by atoms with Crippen LogP contribution in [-0.2, 0) is 0 Å². The molecule has 0 saturated carbocycles. The zero-order valence-corrected chi connectivity index (χ0v) is 4.52. The molecular weight excluding hydrogens is 90.1 g/mol. The van der Waals surface area contributed by atoms with Gasteiger partial charge in [0, 0.05) is 6.54 Å². The molecule has 0 aromatic carbocycles. The van der Waals surface area contributed by atoms with Crippen LogP contribution in [0.25, 0.3) is 0 Å². The van der Waals surface area contributed by atoms with Crippen LogP contribution in [0.3, 0.4) is 0 Å². The van der Waals surface area contributed by atoms with E-state index in [4.69, 9.17) is 11.5 Å². The molecule has 7 heavy (non-hydrogen) atoms. The number of nitrogens with two attached hydrogens (primary N) is 2. The highest BCUT2D eigenvalue weighted by molar-refractivity contribution is 5.25. The molecule has 1 unspecified atom stereocenters. The number of aliphatic imine (C=N–C) groups is 1. The molecule has 0 rings (SSSR count). The minimum atomic E-state index is -0.625. The largest absolute Gasteiger partial charge is 0.327 e. The van der Waals surface area contributed by atoms with Gasteiger partial charge in [-0.15, -0.1) is 0 Å². The average molecular weight is 101 g/mol. The van der Waals surface area contributed by atoms with Crippen molar-refractivity contribution in [2.24, 2.45) is 16.5 Å². The Morgan fingerprint density at radius 2 is 2.29 bits per heavy atom. The summed E-state index contributed by atoms with van der Waals surface area (Å²) in [4.78, 5) is 3.54. The Balaban J connectivity index is 3.58. The van der Waals surface area contributed by atoms with E-state index in [0.29, 0.717) is 6.54 Å². The van der Waals surface area contributed by atoms with Gasteiger partial charge in [-0.3, -0.25) is 4.99 Å². The van der Waals surface area contributed by atoms with Crippen LogP contribution in [0.5, 0.6) is 0 Å². The lowest BCUT2D eigenvalue weighted by molar-refractivity contribution is 0.510. The van der Waals surface area contributed by atoms with Crippen molar-refractivity contribution in [1.29, 1.82) is 0 Å². The molecule has 0 aliphatic rings. The number of nitrogens with zero attached hydrogens (tertiary/aromatic N) is 1. The summed E-state index contributed by atoms with van der Waals surface area (Å²) in [7, 11) is 0. The molecule has 0 heterocycles. The maximum absolute atomic E-state index is 5.36. The van der Waals surface area contributed by atoms with Crippen LogP contribution >= 0.6 is 0 Å². The summed E-state index contributed by atoms with van der Waals surface area (Å²) in [6.07, 6.45) is 0. The summed E-state index contributed by atoms with van der Waals surface area (Å²) in [5.74, 6) is 0. The zero-order chi connectivity index (χ0) is 5.91. The maximum atomic E-state index is 5.36. The average Bonchev–Trinajstić information content (AvgIpc) is 1.68. The molecule has 0 aliphatic carbocycles. The minimum Gasteiger partial charge on any atom is -0.327 e. The van der Waals surface area contributed by atoms with Crippen LogP contribution in [-0.4, -0.2) is 18.9 Å². The van der Waals surface area contributed by atoms with Crippen molar-refractivity contribution in [1.82, 2.24) is 0 Å². The molecule has 4 N–H and O–H groups in total. The Morgan fingerprint density at radius 3 is 2.29 bits per heavy atom. The fourth-order valence-electron chi connectivity index (χ4n) is 0.0645. The van der Waals surface area contributed by atoms with E-state index < -0.39 is 5.66 Å². The van der Waals surface area contributed by atoms with Crippen LogP contribution in [0.15, 0.2) is 4.99 Å². The van der Waals surface area contributed by atoms with Gasteiger partial charge in [-0.1, -0.05) is 0 Å². The SMILES string of the molecule is C=NC(C)(N)CN. The van der Waals surface area contributed by atoms with E-state index in [1.807, 2.05) is 0 Å². The first-order chi connectivity index (χ1) is 3.12. The highest BCUT2D eigenvalue weighted by Crippen LogP contribution is 1.92. The molecule has 1 atom stereocenters. The first-order valence-electron chi connectivity index (χ1n) is 2.09. The van der Waals surface area contributed by atoms with Gasteiger partial charge in [0.2, 0.25) is 0 Å². The predicted molar refractivity (Wildman–Crippen MR) is 31.2 cm³/mol. The lowest BCUT2D eigenvalue weighted by atomic mass is 10.2. The highest BCUT2D eigenvalue weighted by atomic mass is 15.0. The summed E-state index contributed by atoms with van der Waals surface area (Å²) in [6.45, 7) is 5.31. The summed E-state index contributed by atoms with van der Waals surface area (Å²) < 4.78 is 0. The second kappa shape index (κ2) is 2.04. The molecule has 0 saturated heterocycles. The molecule has 0 radical (unpaired) electrons. The van der Waals surface area contributed by atoms with Crippen molar-refractivity contribution in [2.45, 2.75) is 12.6 Å². The summed E-state index contributed by atoms with van der Waals surface area (Å²) in [6, 6.07) is 0. The van der Waals surface area contributed by atoms with E-state index >= 15 is 0 Å². The molecule has 3 heteroatoms. The highest BCUT2D eigenvalue weighted by Gasteiger charge is 2.09. The van der Waals surface area contributed by atoms with Crippen molar-refractivity contribution in [3.05, 3.63) is 0 Å². The Morgan fingerprint density at radius 1 is 1.86 bits per heavy atom. The Labute approximate surface area is 43.4 Å². The second-order valence-electron chi connectivity index (χ2n) is 1.72. The van der Waals surface area contributed by atoms with Crippen molar-refractivity contribution in [3.8, 4) is 0 Å². The van der Waals surface area contributed by atoms with Gasteiger partial charge >= 0.3 is 0 Å². The van der Waals surface area contributed by atoms with Gasteiger partial charge in [0.1, 0.15) is 5.66 Å². The fourth-order valence-corrected chi connectivity index (χ4v) is 0.0645. The number of hydrogen-bond acceptors (Lipinski definition) is 3. The van der Waals surface area contributed by atoms with Gasteiger partial charge in [0.15, 0.2) is 0 Å². The maximum Gasteiger partial charge on any atom is 0.116 e.